The zero-order valence-electron chi connectivity index (χ0n) is 16.5. The van der Waals surface area contributed by atoms with Crippen molar-refractivity contribution in [1.29, 1.82) is 0 Å². The Kier molecular flexibility index (Phi) is 5.49. The lowest BCUT2D eigenvalue weighted by Crippen LogP contribution is -2.09. The summed E-state index contributed by atoms with van der Waals surface area (Å²) in [5.74, 6) is -1.77. The van der Waals surface area contributed by atoms with Crippen molar-refractivity contribution in [2.45, 2.75) is 13.0 Å². The van der Waals surface area contributed by atoms with Crippen LogP contribution in [0.2, 0.25) is 0 Å². The monoisotopic (exact) mass is 420 g/mol. The van der Waals surface area contributed by atoms with E-state index in [0.717, 1.165) is 23.1 Å². The lowest BCUT2D eigenvalue weighted by molar-refractivity contribution is 0.0697. The Morgan fingerprint density at radius 2 is 1.81 bits per heavy atom. The molecule has 1 heterocycles. The number of carbonyl (C=O) groups is 1. The van der Waals surface area contributed by atoms with E-state index in [-0.39, 0.29) is 17.4 Å². The summed E-state index contributed by atoms with van der Waals surface area (Å²) in [4.78, 5) is 15.5. The van der Waals surface area contributed by atoms with Gasteiger partial charge < -0.3 is 15.2 Å². The lowest BCUT2D eigenvalue weighted by atomic mass is 10.1. The zero-order valence-corrected chi connectivity index (χ0v) is 16.5. The molecule has 5 nitrogen and oxygen atoms in total. The summed E-state index contributed by atoms with van der Waals surface area (Å²) in [6.07, 6.45) is 1.66. The summed E-state index contributed by atoms with van der Waals surface area (Å²) >= 11 is 0. The van der Waals surface area contributed by atoms with E-state index in [1.807, 2.05) is 19.1 Å². The van der Waals surface area contributed by atoms with Crippen molar-refractivity contribution in [1.82, 2.24) is 4.98 Å². The predicted molar refractivity (Wildman–Crippen MR) is 114 cm³/mol. The van der Waals surface area contributed by atoms with Gasteiger partial charge in [0.05, 0.1) is 10.9 Å². The van der Waals surface area contributed by atoms with E-state index >= 15 is 0 Å². The number of anilines is 1. The number of hydrogen-bond donors (Lipinski definition) is 2. The van der Waals surface area contributed by atoms with Crippen molar-refractivity contribution < 1.29 is 23.4 Å². The van der Waals surface area contributed by atoms with Gasteiger partial charge in [-0.3, -0.25) is 0 Å². The molecule has 1 aromatic heterocycles. The fourth-order valence-corrected chi connectivity index (χ4v) is 3.26. The molecule has 7 heteroatoms. The van der Waals surface area contributed by atoms with Crippen molar-refractivity contribution in [3.63, 3.8) is 0 Å². The quantitative estimate of drug-likeness (QED) is 0.390. The molecule has 2 N–H and O–H groups in total. The fourth-order valence-electron chi connectivity index (χ4n) is 3.26. The largest absolute Gasteiger partial charge is 0.478 e. The number of nitrogens with zero attached hydrogens (tertiary/aromatic N) is 1. The molecule has 4 rings (SSSR count). The maximum absolute atomic E-state index is 13.6. The number of hydrogen-bond acceptors (Lipinski definition) is 4. The molecule has 0 bridgehead atoms. The molecule has 156 valence electrons. The van der Waals surface area contributed by atoms with Gasteiger partial charge >= 0.3 is 5.97 Å². The number of carboxylic acid groups (broad SMARTS) is 1. The molecule has 0 aliphatic heterocycles. The molecule has 0 spiro atoms. The van der Waals surface area contributed by atoms with Crippen LogP contribution in [-0.4, -0.2) is 16.1 Å². The number of carboxylic acids is 1. The molecule has 0 fully saturated rings. The Morgan fingerprint density at radius 3 is 2.52 bits per heavy atom. The van der Waals surface area contributed by atoms with Crippen LogP contribution in [0, 0.1) is 11.6 Å². The standard InChI is InChI=1S/C24H18F2N2O3/c1-14(15-5-7-17(8-6-15)24(29)30)28-23-22-16(11-12-27-23)3-2-4-21(22)31-18-9-10-19(25)20(26)13-18/h2-14H,1H3,(H,27,28)(H,29,30)/t14-/m0/s1. The van der Waals surface area contributed by atoms with Crippen LogP contribution in [0.5, 0.6) is 11.5 Å². The molecule has 0 saturated heterocycles. The van der Waals surface area contributed by atoms with E-state index in [2.05, 4.69) is 10.3 Å². The first-order chi connectivity index (χ1) is 14.9. The molecule has 4 aromatic rings. The Bertz CT molecular complexity index is 1250. The van der Waals surface area contributed by atoms with E-state index in [4.69, 9.17) is 9.84 Å². The van der Waals surface area contributed by atoms with Crippen molar-refractivity contribution >= 4 is 22.6 Å². The third-order valence-corrected chi connectivity index (χ3v) is 4.88. The van der Waals surface area contributed by atoms with E-state index < -0.39 is 17.6 Å². The minimum Gasteiger partial charge on any atom is -0.478 e. The van der Waals surface area contributed by atoms with Crippen molar-refractivity contribution in [2.75, 3.05) is 5.32 Å². The highest BCUT2D eigenvalue weighted by Crippen LogP contribution is 2.35. The first-order valence-corrected chi connectivity index (χ1v) is 9.53. The van der Waals surface area contributed by atoms with Gasteiger partial charge in [0.25, 0.3) is 0 Å². The normalized spacial score (nSPS) is 11.8. The number of benzene rings is 3. The SMILES string of the molecule is C[C@H](Nc1nccc2cccc(Oc3ccc(F)c(F)c3)c12)c1ccc(C(=O)O)cc1. The van der Waals surface area contributed by atoms with Crippen molar-refractivity contribution in [3.8, 4) is 11.5 Å². The van der Waals surface area contributed by atoms with Crippen LogP contribution in [0.3, 0.4) is 0 Å². The van der Waals surface area contributed by atoms with Gasteiger partial charge in [0.15, 0.2) is 11.6 Å². The molecule has 0 radical (unpaired) electrons. The highest BCUT2D eigenvalue weighted by Gasteiger charge is 2.14. The molecule has 31 heavy (non-hydrogen) atoms. The minimum atomic E-state index is -0.993. The van der Waals surface area contributed by atoms with Gasteiger partial charge in [-0.2, -0.15) is 0 Å². The summed E-state index contributed by atoms with van der Waals surface area (Å²) in [6.45, 7) is 1.93. The minimum absolute atomic E-state index is 0.165. The first kappa shape index (κ1) is 20.3. The van der Waals surface area contributed by atoms with E-state index in [9.17, 15) is 13.6 Å². The van der Waals surface area contributed by atoms with E-state index in [1.165, 1.54) is 6.07 Å². The Morgan fingerprint density at radius 1 is 1.03 bits per heavy atom. The van der Waals surface area contributed by atoms with Crippen LogP contribution in [0.4, 0.5) is 14.6 Å². The highest BCUT2D eigenvalue weighted by molar-refractivity contribution is 5.97. The second-order valence-electron chi connectivity index (χ2n) is 6.98. The summed E-state index contributed by atoms with van der Waals surface area (Å²) in [7, 11) is 0. The van der Waals surface area contributed by atoms with Crippen molar-refractivity contribution in [3.05, 3.63) is 95.7 Å². The summed E-state index contributed by atoms with van der Waals surface area (Å²) in [6, 6.07) is 17.0. The highest BCUT2D eigenvalue weighted by atomic mass is 19.2. The molecule has 0 unspecified atom stereocenters. The number of rotatable bonds is 6. The molecule has 3 aromatic carbocycles. The van der Waals surface area contributed by atoms with Crippen LogP contribution >= 0.6 is 0 Å². The molecular formula is C24H18F2N2O3. The summed E-state index contributed by atoms with van der Waals surface area (Å²) in [5, 5.41) is 13.9. The van der Waals surface area contributed by atoms with Gasteiger partial charge in [-0.05, 0) is 54.3 Å². The van der Waals surface area contributed by atoms with Gasteiger partial charge in [-0.1, -0.05) is 24.3 Å². The molecule has 0 aliphatic carbocycles. The molecule has 0 saturated carbocycles. The van der Waals surface area contributed by atoms with Gasteiger partial charge in [0.1, 0.15) is 17.3 Å². The Labute approximate surface area is 176 Å². The van der Waals surface area contributed by atoms with Crippen LogP contribution in [-0.2, 0) is 0 Å². The third kappa shape index (κ3) is 4.30. The lowest BCUT2D eigenvalue weighted by Gasteiger charge is -2.18. The Hall–Kier alpha value is -4.00. The first-order valence-electron chi connectivity index (χ1n) is 9.53. The topological polar surface area (TPSA) is 71.5 Å². The number of aromatic nitrogens is 1. The molecule has 0 aliphatic rings. The van der Waals surface area contributed by atoms with Crippen LogP contribution < -0.4 is 10.1 Å². The van der Waals surface area contributed by atoms with Gasteiger partial charge in [-0.15, -0.1) is 0 Å². The average Bonchev–Trinajstić information content (AvgIpc) is 2.76. The molecule has 1 atom stereocenters. The van der Waals surface area contributed by atoms with E-state index in [1.54, 1.807) is 42.6 Å². The number of fused-ring (bicyclic) bond motifs is 1. The second-order valence-corrected chi connectivity index (χ2v) is 6.98. The molecule has 0 amide bonds. The van der Waals surface area contributed by atoms with Gasteiger partial charge in [0, 0.05) is 18.3 Å². The van der Waals surface area contributed by atoms with Crippen molar-refractivity contribution in [2.24, 2.45) is 0 Å². The maximum atomic E-state index is 13.6. The maximum Gasteiger partial charge on any atom is 0.335 e. The predicted octanol–water partition coefficient (Wildman–Crippen LogP) is 6.18. The summed E-state index contributed by atoms with van der Waals surface area (Å²) < 4.78 is 32.7. The smallest absolute Gasteiger partial charge is 0.335 e. The van der Waals surface area contributed by atoms with Gasteiger partial charge in [-0.25, -0.2) is 18.6 Å². The third-order valence-electron chi connectivity index (χ3n) is 4.88. The second kappa shape index (κ2) is 8.39. The number of aromatic carboxylic acids is 1. The van der Waals surface area contributed by atoms with E-state index in [0.29, 0.717) is 17.0 Å². The number of halogens is 2. The van der Waals surface area contributed by atoms with Crippen LogP contribution in [0.1, 0.15) is 28.9 Å². The van der Waals surface area contributed by atoms with Crippen LogP contribution in [0.15, 0.2) is 72.9 Å². The average molecular weight is 420 g/mol. The molecular weight excluding hydrogens is 402 g/mol. The number of nitrogens with one attached hydrogen (secondary N) is 1. The Balaban J connectivity index is 1.67. The van der Waals surface area contributed by atoms with Crippen LogP contribution in [0.25, 0.3) is 10.8 Å². The van der Waals surface area contributed by atoms with Gasteiger partial charge in [0.2, 0.25) is 0 Å². The summed E-state index contributed by atoms with van der Waals surface area (Å²) in [5.41, 5.74) is 1.09. The number of pyridine rings is 1. The zero-order chi connectivity index (χ0) is 22.0. The fraction of sp³-hybridized carbons (Fsp3) is 0.0833. The number of ether oxygens (including phenoxy) is 1.